The lowest BCUT2D eigenvalue weighted by atomic mass is 9.97. The smallest absolute Gasteiger partial charge is 0.413 e. The van der Waals surface area contributed by atoms with Gasteiger partial charge in [-0.2, -0.15) is 5.10 Å². The Labute approximate surface area is 204 Å². The van der Waals surface area contributed by atoms with E-state index >= 15 is 0 Å². The lowest BCUT2D eigenvalue weighted by Gasteiger charge is -2.15. The van der Waals surface area contributed by atoms with E-state index in [1.54, 1.807) is 17.9 Å². The second kappa shape index (κ2) is 10.3. The Balaban J connectivity index is 1.50. The van der Waals surface area contributed by atoms with E-state index in [-0.39, 0.29) is 6.42 Å². The minimum atomic E-state index is -0.843. The zero-order valence-electron chi connectivity index (χ0n) is 19.9. The van der Waals surface area contributed by atoms with Gasteiger partial charge in [-0.3, -0.25) is 14.8 Å². The Bertz CT molecular complexity index is 1340. The molecule has 0 aliphatic carbocycles. The van der Waals surface area contributed by atoms with Gasteiger partial charge >= 0.3 is 12.1 Å². The molecule has 0 spiro atoms. The number of aryl methyl sites for hydroxylation is 2. The lowest BCUT2D eigenvalue weighted by Crippen LogP contribution is -2.18. The molecule has 178 valence electrons. The van der Waals surface area contributed by atoms with Crippen LogP contribution in [0.1, 0.15) is 29.7 Å². The van der Waals surface area contributed by atoms with Crippen LogP contribution in [-0.2, 0) is 23.0 Å². The van der Waals surface area contributed by atoms with Gasteiger partial charge in [0.2, 0.25) is 0 Å². The van der Waals surface area contributed by atoms with Crippen LogP contribution in [0.15, 0.2) is 79.0 Å². The molecule has 0 aliphatic heterocycles. The summed E-state index contributed by atoms with van der Waals surface area (Å²) in [6, 6.07) is 23.3. The van der Waals surface area contributed by atoms with E-state index in [0.29, 0.717) is 5.82 Å². The number of rotatable bonds is 7. The first-order chi connectivity index (χ1) is 16.8. The number of carbonyl (C=O) groups is 2. The average Bonchev–Trinajstić information content (AvgIpc) is 3.20. The summed E-state index contributed by atoms with van der Waals surface area (Å²) >= 11 is 0. The molecule has 7 heteroatoms. The van der Waals surface area contributed by atoms with Crippen LogP contribution in [0.5, 0.6) is 0 Å². The van der Waals surface area contributed by atoms with Crippen LogP contribution in [-0.4, -0.2) is 26.9 Å². The number of anilines is 1. The predicted octanol–water partition coefficient (Wildman–Crippen LogP) is 6.00. The highest BCUT2D eigenvalue weighted by atomic mass is 16.6. The Morgan fingerprint density at radius 3 is 2.31 bits per heavy atom. The topological polar surface area (TPSA) is 93.5 Å². The van der Waals surface area contributed by atoms with E-state index < -0.39 is 18.2 Å². The molecule has 4 aromatic rings. The predicted molar refractivity (Wildman–Crippen MR) is 135 cm³/mol. The Morgan fingerprint density at radius 1 is 1.00 bits per heavy atom. The molecule has 2 N–H and O–H groups in total. The van der Waals surface area contributed by atoms with Crippen molar-refractivity contribution in [3.63, 3.8) is 0 Å². The molecule has 1 unspecified atom stereocenters. The molecule has 0 radical (unpaired) electrons. The second-order valence-corrected chi connectivity index (χ2v) is 8.40. The minimum absolute atomic E-state index is 0.00833. The fraction of sp³-hybridized carbons (Fsp3) is 0.179. The lowest BCUT2D eigenvalue weighted by molar-refractivity contribution is -0.136. The van der Waals surface area contributed by atoms with Crippen LogP contribution in [0.2, 0.25) is 0 Å². The molecule has 1 amide bonds. The van der Waals surface area contributed by atoms with Gasteiger partial charge in [-0.1, -0.05) is 72.8 Å². The van der Waals surface area contributed by atoms with Gasteiger partial charge in [0.25, 0.3) is 0 Å². The highest BCUT2D eigenvalue weighted by Crippen LogP contribution is 2.31. The van der Waals surface area contributed by atoms with Gasteiger partial charge in [-0.25, -0.2) is 4.79 Å². The van der Waals surface area contributed by atoms with Crippen LogP contribution in [0.4, 0.5) is 10.6 Å². The van der Waals surface area contributed by atoms with Gasteiger partial charge in [0.1, 0.15) is 11.9 Å². The number of carbonyl (C=O) groups excluding carboxylic acids is 1. The first-order valence-electron chi connectivity index (χ1n) is 11.3. The molecule has 1 heterocycles. The molecule has 1 atom stereocenters. The van der Waals surface area contributed by atoms with Crippen molar-refractivity contribution in [2.75, 3.05) is 5.32 Å². The third kappa shape index (κ3) is 5.58. The summed E-state index contributed by atoms with van der Waals surface area (Å²) in [5, 5.41) is 16.2. The number of benzene rings is 3. The third-order valence-electron chi connectivity index (χ3n) is 5.93. The molecule has 0 fully saturated rings. The molecular formula is C28H27N3O4. The van der Waals surface area contributed by atoms with Gasteiger partial charge in [0.15, 0.2) is 0 Å². The monoisotopic (exact) mass is 469 g/mol. The molecule has 0 aliphatic rings. The summed E-state index contributed by atoms with van der Waals surface area (Å²) in [7, 11) is 1.76. The maximum absolute atomic E-state index is 12.6. The van der Waals surface area contributed by atoms with E-state index in [1.807, 2.05) is 86.6 Å². The minimum Gasteiger partial charge on any atom is -0.481 e. The number of hydrogen-bond donors (Lipinski definition) is 2. The van der Waals surface area contributed by atoms with Crippen molar-refractivity contribution in [3.8, 4) is 22.3 Å². The Hall–Kier alpha value is -4.39. The first-order valence-corrected chi connectivity index (χ1v) is 11.3. The Morgan fingerprint density at radius 2 is 1.66 bits per heavy atom. The number of amides is 1. The van der Waals surface area contributed by atoms with Gasteiger partial charge in [-0.05, 0) is 47.2 Å². The van der Waals surface area contributed by atoms with E-state index in [4.69, 9.17) is 9.84 Å². The van der Waals surface area contributed by atoms with Crippen molar-refractivity contribution in [1.82, 2.24) is 9.78 Å². The number of carboxylic acids is 1. The van der Waals surface area contributed by atoms with E-state index in [1.165, 1.54) is 0 Å². The zero-order valence-corrected chi connectivity index (χ0v) is 19.9. The summed E-state index contributed by atoms with van der Waals surface area (Å²) in [6.07, 6.45) is 0.766. The number of nitrogens with zero attached hydrogens (tertiary/aromatic N) is 2. The molecule has 4 rings (SSSR count). The molecular weight excluding hydrogens is 442 g/mol. The summed E-state index contributed by atoms with van der Waals surface area (Å²) in [4.78, 5) is 23.6. The van der Waals surface area contributed by atoms with Crippen LogP contribution in [0.25, 0.3) is 22.3 Å². The maximum atomic E-state index is 12.6. The SMILES string of the molecule is Cc1cc(-c2ccc(-c3cnn(C)c3NC(=O)OC(C)c3ccccc3)cc2)ccc1CC(=O)O. The summed E-state index contributed by atoms with van der Waals surface area (Å²) in [5.41, 5.74) is 6.34. The molecule has 1 aromatic heterocycles. The van der Waals surface area contributed by atoms with Gasteiger partial charge in [-0.15, -0.1) is 0 Å². The Kier molecular flexibility index (Phi) is 6.96. The second-order valence-electron chi connectivity index (χ2n) is 8.40. The number of carboxylic acid groups (broad SMARTS) is 1. The quantitative estimate of drug-likeness (QED) is 0.346. The number of aliphatic carboxylic acids is 1. The average molecular weight is 470 g/mol. The number of nitrogens with one attached hydrogen (secondary N) is 1. The number of aromatic nitrogens is 2. The van der Waals surface area contributed by atoms with Crippen LogP contribution >= 0.6 is 0 Å². The summed E-state index contributed by atoms with van der Waals surface area (Å²) in [6.45, 7) is 3.75. The molecule has 3 aromatic carbocycles. The fourth-order valence-electron chi connectivity index (χ4n) is 3.95. The van der Waals surface area contributed by atoms with Crippen LogP contribution in [0.3, 0.4) is 0 Å². The molecule has 0 saturated carbocycles. The largest absolute Gasteiger partial charge is 0.481 e. The molecule has 0 saturated heterocycles. The zero-order chi connectivity index (χ0) is 24.9. The van der Waals surface area contributed by atoms with E-state index in [9.17, 15) is 9.59 Å². The van der Waals surface area contributed by atoms with Crippen molar-refractivity contribution in [3.05, 3.63) is 95.7 Å². The van der Waals surface area contributed by atoms with Crippen molar-refractivity contribution >= 4 is 17.9 Å². The van der Waals surface area contributed by atoms with Gasteiger partial charge in [0.05, 0.1) is 12.6 Å². The van der Waals surface area contributed by atoms with Crippen LogP contribution in [0, 0.1) is 6.92 Å². The molecule has 35 heavy (non-hydrogen) atoms. The summed E-state index contributed by atoms with van der Waals surface area (Å²) < 4.78 is 7.15. The van der Waals surface area contributed by atoms with Gasteiger partial charge < -0.3 is 9.84 Å². The van der Waals surface area contributed by atoms with Gasteiger partial charge in [0, 0.05) is 12.6 Å². The van der Waals surface area contributed by atoms with E-state index in [2.05, 4.69) is 10.4 Å². The highest BCUT2D eigenvalue weighted by molar-refractivity contribution is 5.90. The number of hydrogen-bond acceptors (Lipinski definition) is 4. The van der Waals surface area contributed by atoms with Crippen LogP contribution < -0.4 is 5.32 Å². The number of ether oxygens (including phenoxy) is 1. The van der Waals surface area contributed by atoms with E-state index in [0.717, 1.165) is 38.9 Å². The standard InChI is InChI=1S/C28H27N3O4/c1-18-15-24(14-13-23(18)16-26(32)33)21-9-11-22(12-10-21)25-17-29-31(3)27(25)30-28(34)35-19(2)20-7-5-4-6-8-20/h4-15,17,19H,16H2,1-3H3,(H,30,34)(H,32,33). The highest BCUT2D eigenvalue weighted by Gasteiger charge is 2.17. The maximum Gasteiger partial charge on any atom is 0.413 e. The van der Waals surface area contributed by atoms with Crippen molar-refractivity contribution in [1.29, 1.82) is 0 Å². The third-order valence-corrected chi connectivity index (χ3v) is 5.93. The van der Waals surface area contributed by atoms with Crippen molar-refractivity contribution < 1.29 is 19.4 Å². The first kappa shape index (κ1) is 23.8. The fourth-order valence-corrected chi connectivity index (χ4v) is 3.95. The van der Waals surface area contributed by atoms with Crippen molar-refractivity contribution in [2.24, 2.45) is 7.05 Å². The summed E-state index contributed by atoms with van der Waals surface area (Å²) in [5.74, 6) is -0.304. The molecule has 7 nitrogen and oxygen atoms in total. The molecule has 0 bridgehead atoms. The normalized spacial score (nSPS) is 11.6. The van der Waals surface area contributed by atoms with Crippen molar-refractivity contribution in [2.45, 2.75) is 26.4 Å².